The van der Waals surface area contributed by atoms with E-state index in [1.165, 1.54) is 6.92 Å². The van der Waals surface area contributed by atoms with Gasteiger partial charge in [0.05, 0.1) is 0 Å². The summed E-state index contributed by atoms with van der Waals surface area (Å²) in [6.45, 7) is 4.66. The summed E-state index contributed by atoms with van der Waals surface area (Å²) < 4.78 is 20.6. The highest BCUT2D eigenvalue weighted by Crippen LogP contribution is 2.20. The van der Waals surface area contributed by atoms with Gasteiger partial charge in [0.25, 0.3) is 0 Å². The SMILES string of the molecule is CO[Si](C)(CCCNC(=O)OCCSSCCOC(C)=O)OC. The van der Waals surface area contributed by atoms with Crippen LogP contribution in [0.4, 0.5) is 4.79 Å². The Morgan fingerprint density at radius 2 is 1.61 bits per heavy atom. The molecule has 0 rings (SSSR count). The first-order valence-corrected chi connectivity index (χ1v) is 12.3. The van der Waals surface area contributed by atoms with E-state index in [1.807, 2.05) is 6.55 Å². The van der Waals surface area contributed by atoms with Crippen LogP contribution in [0, 0.1) is 0 Å². The number of alkyl carbamates (subject to hydrolysis) is 1. The Kier molecular flexibility index (Phi) is 13.7. The zero-order valence-corrected chi connectivity index (χ0v) is 16.8. The lowest BCUT2D eigenvalue weighted by atomic mass is 10.5. The molecular weight excluding hydrogens is 358 g/mol. The number of hydrogen-bond acceptors (Lipinski definition) is 8. The van der Waals surface area contributed by atoms with Crippen molar-refractivity contribution in [2.45, 2.75) is 25.9 Å². The summed E-state index contributed by atoms with van der Waals surface area (Å²) >= 11 is 0. The maximum atomic E-state index is 11.5. The number of ether oxygens (including phenoxy) is 2. The number of rotatable bonds is 13. The second-order valence-electron chi connectivity index (χ2n) is 4.69. The minimum absolute atomic E-state index is 0.269. The third-order valence-corrected chi connectivity index (χ3v) is 8.22. The van der Waals surface area contributed by atoms with E-state index in [0.29, 0.717) is 25.5 Å². The van der Waals surface area contributed by atoms with Gasteiger partial charge in [-0.2, -0.15) is 0 Å². The van der Waals surface area contributed by atoms with Gasteiger partial charge >= 0.3 is 20.6 Å². The summed E-state index contributed by atoms with van der Waals surface area (Å²) in [5.74, 6) is 1.14. The molecule has 1 N–H and O–H groups in total. The van der Waals surface area contributed by atoms with E-state index in [9.17, 15) is 9.59 Å². The fourth-order valence-electron chi connectivity index (χ4n) is 1.44. The molecule has 0 aromatic carbocycles. The van der Waals surface area contributed by atoms with Gasteiger partial charge in [-0.3, -0.25) is 4.79 Å². The zero-order valence-electron chi connectivity index (χ0n) is 14.2. The number of esters is 1. The van der Waals surface area contributed by atoms with Crippen molar-refractivity contribution in [3.63, 3.8) is 0 Å². The molecule has 7 nitrogen and oxygen atoms in total. The van der Waals surface area contributed by atoms with E-state index in [4.69, 9.17) is 18.3 Å². The lowest BCUT2D eigenvalue weighted by molar-refractivity contribution is -0.140. The monoisotopic (exact) mass is 385 g/mol. The van der Waals surface area contributed by atoms with E-state index in [-0.39, 0.29) is 5.97 Å². The number of hydrogen-bond donors (Lipinski definition) is 1. The van der Waals surface area contributed by atoms with E-state index in [2.05, 4.69) is 5.32 Å². The molecule has 23 heavy (non-hydrogen) atoms. The Balaban J connectivity index is 3.42. The first-order chi connectivity index (χ1) is 10.9. The van der Waals surface area contributed by atoms with Gasteiger partial charge in [0.15, 0.2) is 0 Å². The molecule has 0 radical (unpaired) electrons. The van der Waals surface area contributed by atoms with E-state index in [1.54, 1.807) is 35.8 Å². The quantitative estimate of drug-likeness (QED) is 0.224. The highest BCUT2D eigenvalue weighted by Gasteiger charge is 2.27. The van der Waals surface area contributed by atoms with Crippen molar-refractivity contribution in [2.24, 2.45) is 0 Å². The van der Waals surface area contributed by atoms with E-state index >= 15 is 0 Å². The maximum Gasteiger partial charge on any atom is 0.407 e. The van der Waals surface area contributed by atoms with Crippen LogP contribution in [-0.4, -0.2) is 66.1 Å². The number of amides is 1. The molecule has 0 atom stereocenters. The third kappa shape index (κ3) is 13.7. The molecule has 10 heteroatoms. The van der Waals surface area contributed by atoms with Gasteiger partial charge < -0.3 is 23.6 Å². The predicted octanol–water partition coefficient (Wildman–Crippen LogP) is 2.41. The molecule has 0 aliphatic rings. The van der Waals surface area contributed by atoms with Crippen LogP contribution in [0.25, 0.3) is 0 Å². The van der Waals surface area contributed by atoms with E-state index < -0.39 is 14.7 Å². The molecule has 0 aliphatic heterocycles. The van der Waals surface area contributed by atoms with Crippen LogP contribution < -0.4 is 5.32 Å². The second kappa shape index (κ2) is 14.0. The van der Waals surface area contributed by atoms with Crippen LogP contribution in [0.5, 0.6) is 0 Å². The third-order valence-electron chi connectivity index (χ3n) is 2.90. The molecule has 0 heterocycles. The normalized spacial score (nSPS) is 11.1. The fourth-order valence-corrected chi connectivity index (χ4v) is 4.49. The Morgan fingerprint density at radius 1 is 1.04 bits per heavy atom. The predicted molar refractivity (Wildman–Crippen MR) is 96.0 cm³/mol. The molecule has 0 bridgehead atoms. The van der Waals surface area contributed by atoms with Crippen LogP contribution in [0.1, 0.15) is 13.3 Å². The first-order valence-electron chi connectivity index (χ1n) is 7.32. The van der Waals surface area contributed by atoms with Crippen LogP contribution in [-0.2, 0) is 23.1 Å². The Hall–Kier alpha value is -0.423. The Labute approximate surface area is 147 Å². The van der Waals surface area contributed by atoms with Gasteiger partial charge in [0.1, 0.15) is 13.2 Å². The Bertz CT molecular complexity index is 344. The summed E-state index contributed by atoms with van der Waals surface area (Å²) in [4.78, 5) is 22.0. The van der Waals surface area contributed by atoms with Crippen LogP contribution >= 0.6 is 21.6 Å². The highest BCUT2D eigenvalue weighted by atomic mass is 33.1. The second-order valence-corrected chi connectivity index (χ2v) is 11.0. The fraction of sp³-hybridized carbons (Fsp3) is 0.846. The summed E-state index contributed by atoms with van der Waals surface area (Å²) in [5.41, 5.74) is 0. The molecule has 0 saturated carbocycles. The van der Waals surface area contributed by atoms with Crippen molar-refractivity contribution in [1.29, 1.82) is 0 Å². The molecule has 0 fully saturated rings. The molecular formula is C13H27NO6S2Si. The summed E-state index contributed by atoms with van der Waals surface area (Å²) in [6, 6.07) is 0.815. The average Bonchev–Trinajstić information content (AvgIpc) is 2.53. The van der Waals surface area contributed by atoms with Crippen LogP contribution in [0.15, 0.2) is 0 Å². The number of nitrogens with one attached hydrogen (secondary N) is 1. The molecule has 1 amide bonds. The van der Waals surface area contributed by atoms with Gasteiger partial charge in [-0.05, 0) is 19.0 Å². The maximum absolute atomic E-state index is 11.5. The summed E-state index contributed by atoms with van der Waals surface area (Å²) in [7, 11) is 4.41. The molecule has 0 aromatic heterocycles. The van der Waals surface area contributed by atoms with Crippen molar-refractivity contribution >= 4 is 42.2 Å². The molecule has 0 spiro atoms. The number of carbonyl (C=O) groups is 2. The van der Waals surface area contributed by atoms with Crippen molar-refractivity contribution in [1.82, 2.24) is 5.32 Å². The van der Waals surface area contributed by atoms with Gasteiger partial charge in [-0.15, -0.1) is 0 Å². The summed E-state index contributed by atoms with van der Waals surface area (Å²) in [5, 5.41) is 2.70. The van der Waals surface area contributed by atoms with Crippen molar-refractivity contribution in [2.75, 3.05) is 45.5 Å². The lowest BCUT2D eigenvalue weighted by Gasteiger charge is -2.22. The van der Waals surface area contributed by atoms with E-state index in [0.717, 1.165) is 18.2 Å². The topological polar surface area (TPSA) is 83.1 Å². The lowest BCUT2D eigenvalue weighted by Crippen LogP contribution is -2.37. The molecule has 0 saturated heterocycles. The van der Waals surface area contributed by atoms with Crippen molar-refractivity contribution < 1.29 is 27.9 Å². The van der Waals surface area contributed by atoms with Gasteiger partial charge in [0.2, 0.25) is 0 Å². The smallest absolute Gasteiger partial charge is 0.407 e. The van der Waals surface area contributed by atoms with Crippen LogP contribution in [0.2, 0.25) is 12.6 Å². The van der Waals surface area contributed by atoms with Gasteiger partial charge in [-0.1, -0.05) is 21.6 Å². The molecule has 0 aliphatic carbocycles. The van der Waals surface area contributed by atoms with Crippen LogP contribution in [0.3, 0.4) is 0 Å². The Morgan fingerprint density at radius 3 is 2.13 bits per heavy atom. The van der Waals surface area contributed by atoms with Gasteiger partial charge in [-0.25, -0.2) is 4.79 Å². The number of carbonyl (C=O) groups excluding carboxylic acids is 2. The largest absolute Gasteiger partial charge is 0.465 e. The van der Waals surface area contributed by atoms with Gasteiger partial charge in [0, 0.05) is 39.2 Å². The van der Waals surface area contributed by atoms with Crippen molar-refractivity contribution in [3.05, 3.63) is 0 Å². The molecule has 136 valence electrons. The molecule has 0 aromatic rings. The average molecular weight is 386 g/mol. The zero-order chi connectivity index (χ0) is 17.6. The minimum Gasteiger partial charge on any atom is -0.465 e. The molecule has 0 unspecified atom stereocenters. The van der Waals surface area contributed by atoms with Crippen molar-refractivity contribution in [3.8, 4) is 0 Å². The summed E-state index contributed by atoms with van der Waals surface area (Å²) in [6.07, 6.45) is 0.383. The standard InChI is InChI=1S/C13H27NO6S2Si/c1-12(15)19-7-9-21-22-10-8-20-13(16)14-6-5-11-23(4,17-2)18-3/h5-11H2,1-4H3,(H,14,16). The first kappa shape index (κ1) is 22.6. The minimum atomic E-state index is -2.05. The highest BCUT2D eigenvalue weighted by molar-refractivity contribution is 8.76.